The molecule has 0 bridgehead atoms. The Kier molecular flexibility index (Phi) is 5.59. The van der Waals surface area contributed by atoms with Gasteiger partial charge < -0.3 is 4.74 Å². The number of nitrogens with zero attached hydrogens (tertiary/aromatic N) is 2. The number of esters is 1. The number of carbonyl (C=O) groups excluding carboxylic acids is 1. The smallest absolute Gasteiger partial charge is 0.434 e. The van der Waals surface area contributed by atoms with Gasteiger partial charge in [-0.25, -0.2) is 14.8 Å². The number of rotatable bonds is 5. The lowest BCUT2D eigenvalue weighted by molar-refractivity contribution is -0.142. The lowest BCUT2D eigenvalue weighted by Gasteiger charge is -2.11. The van der Waals surface area contributed by atoms with Crippen LogP contribution in [0.2, 0.25) is 0 Å². The van der Waals surface area contributed by atoms with E-state index in [9.17, 15) is 18.0 Å². The monoisotopic (exact) mass is 294 g/mol. The third kappa shape index (κ3) is 4.38. The van der Waals surface area contributed by atoms with E-state index in [1.54, 1.807) is 0 Å². The van der Waals surface area contributed by atoms with Crippen molar-refractivity contribution >= 4 is 17.7 Å². The second kappa shape index (κ2) is 6.74. The van der Waals surface area contributed by atoms with Crippen molar-refractivity contribution in [2.45, 2.75) is 25.8 Å². The van der Waals surface area contributed by atoms with Crippen molar-refractivity contribution in [1.82, 2.24) is 9.97 Å². The first-order valence-electron chi connectivity index (χ1n) is 5.58. The predicted octanol–water partition coefficient (Wildman–Crippen LogP) is 2.93. The fourth-order valence-corrected chi connectivity index (χ4v) is 1.78. The Bertz CT molecular complexity index is 452. The predicted molar refractivity (Wildman–Crippen MR) is 64.8 cm³/mol. The summed E-state index contributed by atoms with van der Waals surface area (Å²) >= 11 is 1.40. The highest BCUT2D eigenvalue weighted by Gasteiger charge is 2.38. The second-order valence-electron chi connectivity index (χ2n) is 3.40. The zero-order chi connectivity index (χ0) is 14.5. The highest BCUT2D eigenvalue weighted by Crippen LogP contribution is 2.30. The van der Waals surface area contributed by atoms with Crippen LogP contribution in [0.4, 0.5) is 13.2 Å². The Morgan fingerprint density at radius 2 is 2.11 bits per heavy atom. The Balaban J connectivity index is 3.13. The highest BCUT2D eigenvalue weighted by molar-refractivity contribution is 7.98. The first kappa shape index (κ1) is 15.7. The molecule has 106 valence electrons. The fourth-order valence-electron chi connectivity index (χ4n) is 1.26. The minimum absolute atomic E-state index is 0.0103. The third-order valence-corrected chi connectivity index (χ3v) is 2.91. The van der Waals surface area contributed by atoms with Gasteiger partial charge in [0.15, 0.2) is 5.69 Å². The van der Waals surface area contributed by atoms with E-state index in [1.165, 1.54) is 18.7 Å². The quantitative estimate of drug-likeness (QED) is 0.782. The minimum Gasteiger partial charge on any atom is -0.462 e. The van der Waals surface area contributed by atoms with Gasteiger partial charge >= 0.3 is 12.1 Å². The van der Waals surface area contributed by atoms with Gasteiger partial charge in [-0.1, -0.05) is 6.92 Å². The van der Waals surface area contributed by atoms with Crippen LogP contribution in [0, 0.1) is 0 Å². The molecule has 8 heteroatoms. The van der Waals surface area contributed by atoms with Crippen molar-refractivity contribution in [1.29, 1.82) is 0 Å². The van der Waals surface area contributed by atoms with E-state index < -0.39 is 23.4 Å². The Hall–Kier alpha value is -1.31. The van der Waals surface area contributed by atoms with Gasteiger partial charge in [-0.15, -0.1) is 0 Å². The number of hydrogen-bond donors (Lipinski definition) is 0. The number of carbonyl (C=O) groups is 1. The summed E-state index contributed by atoms with van der Waals surface area (Å²) in [6.07, 6.45) is -3.84. The molecular weight excluding hydrogens is 281 g/mol. The first-order chi connectivity index (χ1) is 8.90. The van der Waals surface area contributed by atoms with Crippen LogP contribution in [-0.4, -0.2) is 28.3 Å². The minimum atomic E-state index is -4.71. The topological polar surface area (TPSA) is 52.1 Å². The zero-order valence-electron chi connectivity index (χ0n) is 10.5. The Morgan fingerprint density at radius 3 is 2.63 bits per heavy atom. The van der Waals surface area contributed by atoms with Crippen molar-refractivity contribution in [3.63, 3.8) is 0 Å². The van der Waals surface area contributed by atoms with E-state index in [2.05, 4.69) is 14.7 Å². The second-order valence-corrected chi connectivity index (χ2v) is 4.68. The van der Waals surface area contributed by atoms with Crippen LogP contribution in [0.25, 0.3) is 0 Å². The molecule has 0 radical (unpaired) electrons. The fraction of sp³-hybridized carbons (Fsp3) is 0.545. The van der Waals surface area contributed by atoms with Gasteiger partial charge in [-0.05, 0) is 12.7 Å². The molecule has 1 rings (SSSR count). The van der Waals surface area contributed by atoms with E-state index in [1.807, 2.05) is 6.92 Å². The van der Waals surface area contributed by atoms with Crippen molar-refractivity contribution in [2.24, 2.45) is 0 Å². The van der Waals surface area contributed by atoms with Crippen LogP contribution < -0.4 is 0 Å². The van der Waals surface area contributed by atoms with Gasteiger partial charge in [0.25, 0.3) is 0 Å². The molecule has 0 fully saturated rings. The molecule has 0 atom stereocenters. The average Bonchev–Trinajstić information content (AvgIpc) is 2.35. The molecule has 0 N–H and O–H groups in total. The molecule has 0 saturated heterocycles. The molecule has 19 heavy (non-hydrogen) atoms. The van der Waals surface area contributed by atoms with Crippen LogP contribution >= 0.6 is 11.8 Å². The van der Waals surface area contributed by atoms with Crippen molar-refractivity contribution < 1.29 is 22.7 Å². The number of hydrogen-bond acceptors (Lipinski definition) is 5. The van der Waals surface area contributed by atoms with Crippen LogP contribution in [0.15, 0.2) is 6.20 Å². The molecule has 4 nitrogen and oxygen atoms in total. The van der Waals surface area contributed by atoms with Crippen molar-refractivity contribution in [3.8, 4) is 0 Å². The normalized spacial score (nSPS) is 11.4. The molecule has 0 unspecified atom stereocenters. The number of alkyl halides is 3. The number of thioether (sulfide) groups is 1. The van der Waals surface area contributed by atoms with Gasteiger partial charge in [0, 0.05) is 6.20 Å². The molecule has 0 aromatic carbocycles. The van der Waals surface area contributed by atoms with Gasteiger partial charge in [-0.3, -0.25) is 0 Å². The SMILES string of the molecule is CCOC(=O)c1cnc(CSCC)nc1C(F)(F)F. The van der Waals surface area contributed by atoms with E-state index in [4.69, 9.17) is 0 Å². The molecule has 0 amide bonds. The van der Waals surface area contributed by atoms with Gasteiger partial charge in [-0.2, -0.15) is 24.9 Å². The average molecular weight is 294 g/mol. The molecule has 0 aliphatic heterocycles. The van der Waals surface area contributed by atoms with Crippen LogP contribution in [0.1, 0.15) is 35.7 Å². The molecule has 1 aromatic rings. The van der Waals surface area contributed by atoms with Crippen LogP contribution in [-0.2, 0) is 16.7 Å². The van der Waals surface area contributed by atoms with Crippen molar-refractivity contribution in [2.75, 3.05) is 12.4 Å². The maximum atomic E-state index is 12.8. The third-order valence-electron chi connectivity index (χ3n) is 2.04. The number of ether oxygens (including phenoxy) is 1. The maximum absolute atomic E-state index is 12.8. The molecule has 0 aliphatic carbocycles. The summed E-state index contributed by atoms with van der Waals surface area (Å²) in [5.41, 5.74) is -1.90. The number of aromatic nitrogens is 2. The molecule has 0 saturated carbocycles. The maximum Gasteiger partial charge on any atom is 0.434 e. The van der Waals surface area contributed by atoms with Crippen LogP contribution in [0.3, 0.4) is 0 Å². The summed E-state index contributed by atoms with van der Waals surface area (Å²) in [5.74, 6) is -0.00994. The number of halogens is 3. The molecule has 0 spiro atoms. The summed E-state index contributed by atoms with van der Waals surface area (Å²) in [7, 11) is 0. The van der Waals surface area contributed by atoms with Gasteiger partial charge in [0.1, 0.15) is 11.4 Å². The van der Waals surface area contributed by atoms with E-state index in [0.29, 0.717) is 0 Å². The largest absolute Gasteiger partial charge is 0.462 e. The zero-order valence-corrected chi connectivity index (χ0v) is 11.3. The lowest BCUT2D eigenvalue weighted by Crippen LogP contribution is -2.19. The first-order valence-corrected chi connectivity index (χ1v) is 6.73. The molecule has 0 aliphatic rings. The van der Waals surface area contributed by atoms with Crippen LogP contribution in [0.5, 0.6) is 0 Å². The standard InChI is InChI=1S/C11H13F3N2O2S/c1-3-18-10(17)7-5-15-8(6-19-4-2)16-9(7)11(12,13)14/h5H,3-4,6H2,1-2H3. The molecule has 1 aromatic heterocycles. The summed E-state index contributed by atoms with van der Waals surface area (Å²) in [5, 5.41) is 0. The lowest BCUT2D eigenvalue weighted by atomic mass is 10.2. The summed E-state index contributed by atoms with van der Waals surface area (Å²) in [4.78, 5) is 18.6. The molecular formula is C11H13F3N2O2S. The van der Waals surface area contributed by atoms with Gasteiger partial charge in [0.05, 0.1) is 12.4 Å². The Morgan fingerprint density at radius 1 is 1.42 bits per heavy atom. The molecule has 1 heterocycles. The Labute approximate surface area is 112 Å². The summed E-state index contributed by atoms with van der Waals surface area (Å²) in [6, 6.07) is 0. The summed E-state index contributed by atoms with van der Waals surface area (Å²) < 4.78 is 43.1. The van der Waals surface area contributed by atoms with E-state index in [0.717, 1.165) is 11.9 Å². The highest BCUT2D eigenvalue weighted by atomic mass is 32.2. The van der Waals surface area contributed by atoms with E-state index >= 15 is 0 Å². The van der Waals surface area contributed by atoms with E-state index in [-0.39, 0.29) is 18.2 Å². The van der Waals surface area contributed by atoms with Crippen molar-refractivity contribution in [3.05, 3.63) is 23.3 Å². The van der Waals surface area contributed by atoms with Gasteiger partial charge in [0.2, 0.25) is 0 Å². The summed E-state index contributed by atoms with van der Waals surface area (Å²) in [6.45, 7) is 3.38.